The Morgan fingerprint density at radius 1 is 0.942 bits per heavy atom. The topological polar surface area (TPSA) is 138 Å². The van der Waals surface area contributed by atoms with Crippen molar-refractivity contribution in [2.24, 2.45) is 0 Å². The van der Waals surface area contributed by atoms with Gasteiger partial charge in [-0.2, -0.15) is 5.26 Å². The summed E-state index contributed by atoms with van der Waals surface area (Å²) in [6.07, 6.45) is 4.50. The van der Waals surface area contributed by atoms with Gasteiger partial charge in [-0.05, 0) is 60.5 Å². The number of hydrogen-bond acceptors (Lipinski definition) is 9. The molecule has 0 aliphatic heterocycles. The highest BCUT2D eigenvalue weighted by molar-refractivity contribution is 6.36. The summed E-state index contributed by atoms with van der Waals surface area (Å²) in [5, 5.41) is 44.3. The molecule has 4 aromatic carbocycles. The van der Waals surface area contributed by atoms with Crippen molar-refractivity contribution in [1.29, 1.82) is 10.7 Å². The van der Waals surface area contributed by atoms with E-state index in [0.717, 1.165) is 56.7 Å². The number of nitrogens with one attached hydrogen (secondary N) is 3. The molecule has 0 fully saturated rings. The Kier molecular flexibility index (Phi) is 13.8. The van der Waals surface area contributed by atoms with Crippen LogP contribution in [0.1, 0.15) is 40.3 Å². The Morgan fingerprint density at radius 2 is 1.69 bits per heavy atom. The molecule has 0 aliphatic rings. The maximum Gasteiger partial charge on any atom is 0.124 e. The van der Waals surface area contributed by atoms with E-state index in [2.05, 4.69) is 50.9 Å². The van der Waals surface area contributed by atoms with Crippen molar-refractivity contribution in [3.63, 3.8) is 0 Å². The minimum Gasteiger partial charge on any atom is -0.489 e. The molecule has 0 radical (unpaired) electrons. The SMILES string of the molecule is CC(CO)NCc1cc(Cl)c(CNc2cccc(-c3cccc(-c4ccc(CN(C)CCO)cc4)c3Cl)c2C=N)cc1OCc1cncc(C#N)c1. The molecule has 11 heteroatoms. The number of benzene rings is 4. The lowest BCUT2D eigenvalue weighted by Crippen LogP contribution is -2.28. The molecule has 52 heavy (non-hydrogen) atoms. The minimum absolute atomic E-state index is 0.0136. The summed E-state index contributed by atoms with van der Waals surface area (Å²) in [4.78, 5) is 6.20. The summed E-state index contributed by atoms with van der Waals surface area (Å²) in [6, 6.07) is 27.5. The molecule has 1 atom stereocenters. The maximum atomic E-state index is 9.53. The van der Waals surface area contributed by atoms with E-state index in [0.29, 0.717) is 46.6 Å². The third-order valence-electron chi connectivity index (χ3n) is 8.67. The normalized spacial score (nSPS) is 11.7. The predicted octanol–water partition coefficient (Wildman–Crippen LogP) is 7.68. The van der Waals surface area contributed by atoms with Gasteiger partial charge in [-0.25, -0.2) is 0 Å². The van der Waals surface area contributed by atoms with E-state index in [1.807, 2.05) is 62.5 Å². The van der Waals surface area contributed by atoms with Gasteiger partial charge in [-0.1, -0.05) is 77.8 Å². The van der Waals surface area contributed by atoms with Gasteiger partial charge in [-0.3, -0.25) is 9.88 Å². The van der Waals surface area contributed by atoms with Crippen molar-refractivity contribution >= 4 is 35.1 Å². The Balaban J connectivity index is 1.39. The van der Waals surface area contributed by atoms with E-state index < -0.39 is 0 Å². The number of hydrogen-bond donors (Lipinski definition) is 5. The fourth-order valence-corrected chi connectivity index (χ4v) is 6.39. The molecule has 5 aromatic rings. The van der Waals surface area contributed by atoms with Crippen LogP contribution in [0.2, 0.25) is 10.0 Å². The first-order chi connectivity index (χ1) is 25.2. The van der Waals surface area contributed by atoms with E-state index in [9.17, 15) is 15.5 Å². The molecule has 1 heterocycles. The van der Waals surface area contributed by atoms with Crippen LogP contribution >= 0.6 is 23.2 Å². The second kappa shape index (κ2) is 18.6. The molecule has 268 valence electrons. The fourth-order valence-electron chi connectivity index (χ4n) is 5.80. The summed E-state index contributed by atoms with van der Waals surface area (Å²) in [5.41, 5.74) is 8.87. The molecule has 0 aliphatic carbocycles. The standard InChI is InChI=1S/C41H42Cl2N6O3/c1-27(25-51)47-23-33-16-38(42)32(17-40(33)52-26-30-15-29(18-44)20-46-21-30)22-48-39-8-4-6-35(37(39)19-45)36-7-3-5-34(41(36)43)31-11-9-28(10-12-31)24-49(2)13-14-50/h3-12,15-17,19-21,27,45,47-48,50-51H,13-14,22-26H2,1-2H3. The van der Waals surface area contributed by atoms with Crippen molar-refractivity contribution < 1.29 is 14.9 Å². The molecular weight excluding hydrogens is 695 g/mol. The van der Waals surface area contributed by atoms with Gasteiger partial charge >= 0.3 is 0 Å². The van der Waals surface area contributed by atoms with E-state index in [1.165, 1.54) is 12.4 Å². The Hall–Kier alpha value is -4.79. The van der Waals surface area contributed by atoms with Crippen molar-refractivity contribution in [2.45, 2.75) is 39.2 Å². The Bertz CT molecular complexity index is 2030. The highest BCUT2D eigenvalue weighted by Crippen LogP contribution is 2.39. The number of anilines is 1. The minimum atomic E-state index is -0.124. The smallest absolute Gasteiger partial charge is 0.124 e. The third kappa shape index (κ3) is 9.75. The molecule has 1 aromatic heterocycles. The second-order valence-corrected chi connectivity index (χ2v) is 13.4. The second-order valence-electron chi connectivity index (χ2n) is 12.6. The van der Waals surface area contributed by atoms with Crippen LogP contribution in [-0.4, -0.2) is 59.2 Å². The van der Waals surface area contributed by atoms with Crippen LogP contribution in [0.15, 0.2) is 91.3 Å². The third-order valence-corrected chi connectivity index (χ3v) is 9.43. The summed E-state index contributed by atoms with van der Waals surface area (Å²) in [5.74, 6) is 0.607. The molecule has 1 unspecified atom stereocenters. The predicted molar refractivity (Wildman–Crippen MR) is 209 cm³/mol. The molecule has 9 nitrogen and oxygen atoms in total. The first-order valence-electron chi connectivity index (χ1n) is 16.9. The fraction of sp³-hybridized carbons (Fsp3) is 0.244. The van der Waals surface area contributed by atoms with Crippen molar-refractivity contribution in [3.05, 3.63) is 135 Å². The highest BCUT2D eigenvalue weighted by Gasteiger charge is 2.17. The average Bonchev–Trinajstić information content (AvgIpc) is 3.16. The van der Waals surface area contributed by atoms with Gasteiger partial charge in [0.1, 0.15) is 18.4 Å². The van der Waals surface area contributed by atoms with Crippen LogP contribution in [0.25, 0.3) is 22.3 Å². The highest BCUT2D eigenvalue weighted by atomic mass is 35.5. The molecule has 0 saturated heterocycles. The molecular formula is C41H42Cl2N6O3. The summed E-state index contributed by atoms with van der Waals surface area (Å²) >= 11 is 13.9. The van der Waals surface area contributed by atoms with Crippen LogP contribution in [-0.2, 0) is 26.2 Å². The monoisotopic (exact) mass is 736 g/mol. The number of nitriles is 1. The van der Waals surface area contributed by atoms with Gasteiger partial charge in [0.25, 0.3) is 0 Å². The zero-order chi connectivity index (χ0) is 37.0. The van der Waals surface area contributed by atoms with Crippen LogP contribution < -0.4 is 15.4 Å². The molecule has 0 saturated carbocycles. The summed E-state index contributed by atoms with van der Waals surface area (Å²) in [6.45, 7) is 4.30. The van der Waals surface area contributed by atoms with E-state index in [1.54, 1.807) is 12.3 Å². The number of rotatable bonds is 17. The van der Waals surface area contributed by atoms with Gasteiger partial charge < -0.3 is 31.0 Å². The summed E-state index contributed by atoms with van der Waals surface area (Å²) in [7, 11) is 1.98. The maximum absolute atomic E-state index is 9.53. The first kappa shape index (κ1) is 38.4. The van der Waals surface area contributed by atoms with Crippen molar-refractivity contribution in [1.82, 2.24) is 15.2 Å². The Labute approximate surface area is 315 Å². The zero-order valence-electron chi connectivity index (χ0n) is 29.2. The number of aliphatic hydroxyl groups excluding tert-OH is 2. The number of halogens is 2. The quantitative estimate of drug-likeness (QED) is 0.0614. The van der Waals surface area contributed by atoms with Gasteiger partial charge in [0.15, 0.2) is 0 Å². The first-order valence-corrected chi connectivity index (χ1v) is 17.7. The van der Waals surface area contributed by atoms with Crippen LogP contribution in [0, 0.1) is 16.7 Å². The van der Waals surface area contributed by atoms with Gasteiger partial charge in [0, 0.05) is 89.4 Å². The lowest BCUT2D eigenvalue weighted by atomic mass is 9.94. The van der Waals surface area contributed by atoms with Crippen LogP contribution in [0.3, 0.4) is 0 Å². The van der Waals surface area contributed by atoms with E-state index in [-0.39, 0.29) is 25.9 Å². The van der Waals surface area contributed by atoms with Gasteiger partial charge in [0.05, 0.1) is 23.8 Å². The van der Waals surface area contributed by atoms with Gasteiger partial charge in [0.2, 0.25) is 0 Å². The largest absolute Gasteiger partial charge is 0.489 e. The molecule has 0 spiro atoms. The molecule has 5 N–H and O–H groups in total. The number of aliphatic hydroxyl groups is 2. The van der Waals surface area contributed by atoms with Gasteiger partial charge in [-0.15, -0.1) is 0 Å². The molecule has 0 amide bonds. The van der Waals surface area contributed by atoms with E-state index in [4.69, 9.17) is 33.3 Å². The summed E-state index contributed by atoms with van der Waals surface area (Å²) < 4.78 is 6.25. The molecule has 0 bridgehead atoms. The van der Waals surface area contributed by atoms with Crippen LogP contribution in [0.5, 0.6) is 5.75 Å². The molecule has 5 rings (SSSR count). The lowest BCUT2D eigenvalue weighted by molar-refractivity contribution is 0.217. The zero-order valence-corrected chi connectivity index (χ0v) is 30.7. The number of aromatic nitrogens is 1. The number of likely N-dealkylation sites (N-methyl/N-ethyl adjacent to an activating group) is 1. The average molecular weight is 738 g/mol. The lowest BCUT2D eigenvalue weighted by Gasteiger charge is -2.19. The number of pyridine rings is 1. The van der Waals surface area contributed by atoms with Crippen molar-refractivity contribution in [3.8, 4) is 34.1 Å². The number of nitrogens with zero attached hydrogens (tertiary/aromatic N) is 3. The van der Waals surface area contributed by atoms with Crippen LogP contribution in [0.4, 0.5) is 5.69 Å². The van der Waals surface area contributed by atoms with E-state index >= 15 is 0 Å². The number of ether oxygens (including phenoxy) is 1. The Morgan fingerprint density at radius 3 is 2.42 bits per heavy atom. The van der Waals surface area contributed by atoms with Crippen molar-refractivity contribution in [2.75, 3.05) is 32.1 Å².